The van der Waals surface area contributed by atoms with Crippen molar-refractivity contribution in [2.75, 3.05) is 32.7 Å². The highest BCUT2D eigenvalue weighted by atomic mass is 79.9. The second-order valence-corrected chi connectivity index (χ2v) is 10.2. The maximum absolute atomic E-state index is 15.0. The number of benzene rings is 2. The van der Waals surface area contributed by atoms with Crippen molar-refractivity contribution in [3.05, 3.63) is 68.6 Å². The van der Waals surface area contributed by atoms with Gasteiger partial charge in [0.05, 0.1) is 0 Å². The van der Waals surface area contributed by atoms with Gasteiger partial charge in [0.25, 0.3) is 0 Å². The van der Waals surface area contributed by atoms with Crippen molar-refractivity contribution < 1.29 is 8.81 Å². The number of halogens is 2. The van der Waals surface area contributed by atoms with Gasteiger partial charge in [-0.05, 0) is 107 Å². The zero-order chi connectivity index (χ0) is 24.2. The highest BCUT2D eigenvalue weighted by Gasteiger charge is 2.19. The SMILES string of the molecule is CCN(CCCN1CCCC1)C(=N)c1cccc(F)c1CCc1cc(Br)cc2c(C)c(C)oc12. The normalized spacial score (nSPS) is 14.3. The average molecular weight is 529 g/mol. The van der Waals surface area contributed by atoms with E-state index in [0.717, 1.165) is 58.4 Å². The monoisotopic (exact) mass is 527 g/mol. The van der Waals surface area contributed by atoms with Crippen LogP contribution in [0.15, 0.2) is 39.2 Å². The predicted octanol–water partition coefficient (Wildman–Crippen LogP) is 6.87. The van der Waals surface area contributed by atoms with Crippen LogP contribution in [0.3, 0.4) is 0 Å². The number of nitrogens with zero attached hydrogens (tertiary/aromatic N) is 2. The Labute approximate surface area is 210 Å². The van der Waals surface area contributed by atoms with Crippen LogP contribution in [0.25, 0.3) is 11.0 Å². The number of furan rings is 1. The number of rotatable bonds is 9. The minimum Gasteiger partial charge on any atom is -0.461 e. The van der Waals surface area contributed by atoms with Crippen molar-refractivity contribution >= 4 is 32.7 Å². The van der Waals surface area contributed by atoms with Crippen molar-refractivity contribution in [2.45, 2.75) is 52.9 Å². The molecule has 0 unspecified atom stereocenters. The quantitative estimate of drug-likeness (QED) is 0.244. The van der Waals surface area contributed by atoms with Crippen molar-refractivity contribution in [2.24, 2.45) is 0 Å². The lowest BCUT2D eigenvalue weighted by Crippen LogP contribution is -2.34. The lowest BCUT2D eigenvalue weighted by Gasteiger charge is -2.26. The lowest BCUT2D eigenvalue weighted by atomic mass is 9.97. The van der Waals surface area contributed by atoms with E-state index in [1.165, 1.54) is 32.0 Å². The van der Waals surface area contributed by atoms with E-state index in [-0.39, 0.29) is 5.82 Å². The summed E-state index contributed by atoms with van der Waals surface area (Å²) < 4.78 is 22.1. The van der Waals surface area contributed by atoms with Crippen LogP contribution >= 0.6 is 15.9 Å². The van der Waals surface area contributed by atoms with E-state index in [9.17, 15) is 0 Å². The molecule has 1 aliphatic heterocycles. The number of hydrogen-bond donors (Lipinski definition) is 1. The molecule has 6 heteroatoms. The summed E-state index contributed by atoms with van der Waals surface area (Å²) in [6.07, 6.45) is 4.77. The molecule has 1 aliphatic rings. The first-order chi connectivity index (χ1) is 16.4. The van der Waals surface area contributed by atoms with E-state index >= 15 is 4.39 Å². The van der Waals surface area contributed by atoms with Crippen LogP contribution in [0.2, 0.25) is 0 Å². The first-order valence-corrected chi connectivity index (χ1v) is 13.2. The van der Waals surface area contributed by atoms with Crippen LogP contribution in [0.1, 0.15) is 54.2 Å². The smallest absolute Gasteiger partial charge is 0.137 e. The molecule has 0 bridgehead atoms. The van der Waals surface area contributed by atoms with Gasteiger partial charge in [-0.1, -0.05) is 28.1 Å². The maximum atomic E-state index is 15.0. The van der Waals surface area contributed by atoms with Crippen LogP contribution < -0.4 is 0 Å². The zero-order valence-electron chi connectivity index (χ0n) is 20.5. The van der Waals surface area contributed by atoms with Gasteiger partial charge in [0.1, 0.15) is 23.0 Å². The number of hydrogen-bond acceptors (Lipinski definition) is 3. The summed E-state index contributed by atoms with van der Waals surface area (Å²) in [6.45, 7) is 11.1. The molecule has 1 aromatic heterocycles. The molecule has 182 valence electrons. The number of likely N-dealkylation sites (tertiary alicyclic amines) is 1. The van der Waals surface area contributed by atoms with Crippen LogP contribution in [0.4, 0.5) is 4.39 Å². The van der Waals surface area contributed by atoms with Crippen LogP contribution in [-0.4, -0.2) is 48.4 Å². The van der Waals surface area contributed by atoms with E-state index in [2.05, 4.69) is 51.7 Å². The molecule has 0 spiro atoms. The first-order valence-electron chi connectivity index (χ1n) is 12.4. The van der Waals surface area contributed by atoms with E-state index in [1.54, 1.807) is 6.07 Å². The molecule has 0 atom stereocenters. The fourth-order valence-corrected chi connectivity index (χ4v) is 5.54. The third-order valence-corrected chi connectivity index (χ3v) is 7.59. The van der Waals surface area contributed by atoms with Gasteiger partial charge >= 0.3 is 0 Å². The second kappa shape index (κ2) is 11.0. The molecular weight excluding hydrogens is 493 g/mol. The Morgan fingerprint density at radius 2 is 1.94 bits per heavy atom. The van der Waals surface area contributed by atoms with Crippen LogP contribution in [0.5, 0.6) is 0 Å². The fourth-order valence-electron chi connectivity index (χ4n) is 5.04. The first kappa shape index (κ1) is 24.9. The Morgan fingerprint density at radius 1 is 1.18 bits per heavy atom. The van der Waals surface area contributed by atoms with Gasteiger partial charge < -0.3 is 14.2 Å². The molecule has 0 saturated carbocycles. The summed E-state index contributed by atoms with van der Waals surface area (Å²) in [4.78, 5) is 4.58. The summed E-state index contributed by atoms with van der Waals surface area (Å²) in [5, 5.41) is 10.0. The highest BCUT2D eigenvalue weighted by Crippen LogP contribution is 2.32. The Hall–Kier alpha value is -2.18. The van der Waals surface area contributed by atoms with E-state index < -0.39 is 0 Å². The van der Waals surface area contributed by atoms with Crippen molar-refractivity contribution in [3.63, 3.8) is 0 Å². The zero-order valence-corrected chi connectivity index (χ0v) is 22.1. The molecule has 4 nitrogen and oxygen atoms in total. The van der Waals surface area contributed by atoms with Crippen molar-refractivity contribution in [1.82, 2.24) is 9.80 Å². The Balaban J connectivity index is 1.52. The summed E-state index contributed by atoms with van der Waals surface area (Å²) in [7, 11) is 0. The molecule has 34 heavy (non-hydrogen) atoms. The highest BCUT2D eigenvalue weighted by molar-refractivity contribution is 9.10. The number of fused-ring (bicyclic) bond motifs is 1. The standard InChI is InChI=1S/C28H35BrFN3O/c1-4-33(16-8-15-32-13-5-6-14-32)28(31)24-9-7-10-26(30)23(24)12-11-21-17-22(29)18-25-19(2)20(3)34-27(21)25/h7,9-10,17-18,31H,4-6,8,11-16H2,1-3H3. The van der Waals surface area contributed by atoms with Crippen molar-refractivity contribution in [1.29, 1.82) is 5.41 Å². The van der Waals surface area contributed by atoms with Crippen molar-refractivity contribution in [3.8, 4) is 0 Å². The third-order valence-electron chi connectivity index (χ3n) is 7.14. The maximum Gasteiger partial charge on any atom is 0.137 e. The molecule has 4 rings (SSSR count). The summed E-state index contributed by atoms with van der Waals surface area (Å²) in [6, 6.07) is 9.26. The lowest BCUT2D eigenvalue weighted by molar-refractivity contribution is 0.310. The summed E-state index contributed by atoms with van der Waals surface area (Å²) >= 11 is 3.62. The summed E-state index contributed by atoms with van der Waals surface area (Å²) in [5.74, 6) is 1.09. The Morgan fingerprint density at radius 3 is 2.68 bits per heavy atom. The van der Waals surface area contributed by atoms with Gasteiger partial charge in [0.15, 0.2) is 0 Å². The summed E-state index contributed by atoms with van der Waals surface area (Å²) in [5.41, 5.74) is 4.38. The number of amidine groups is 1. The molecule has 0 aliphatic carbocycles. The minimum absolute atomic E-state index is 0.242. The van der Waals surface area contributed by atoms with Gasteiger partial charge in [-0.3, -0.25) is 5.41 Å². The van der Waals surface area contributed by atoms with Gasteiger partial charge in [-0.2, -0.15) is 0 Å². The molecule has 1 N–H and O–H groups in total. The van der Waals surface area contributed by atoms with E-state index in [4.69, 9.17) is 9.83 Å². The largest absolute Gasteiger partial charge is 0.461 e. The minimum atomic E-state index is -0.242. The third kappa shape index (κ3) is 5.38. The molecular formula is C28H35BrFN3O. The van der Waals surface area contributed by atoms with Crippen LogP contribution in [-0.2, 0) is 12.8 Å². The van der Waals surface area contributed by atoms with Gasteiger partial charge in [0, 0.05) is 28.5 Å². The Bertz CT molecular complexity index is 1170. The number of nitrogens with one attached hydrogen (secondary N) is 1. The Kier molecular flexibility index (Phi) is 8.10. The molecule has 2 heterocycles. The fraction of sp³-hybridized carbons (Fsp3) is 0.464. The second-order valence-electron chi connectivity index (χ2n) is 9.32. The molecule has 2 aromatic carbocycles. The molecule has 3 aromatic rings. The average Bonchev–Trinajstić information content (AvgIpc) is 3.44. The molecule has 1 saturated heterocycles. The molecule has 1 fully saturated rings. The van der Waals surface area contributed by atoms with Gasteiger partial charge in [0.2, 0.25) is 0 Å². The van der Waals surface area contributed by atoms with Gasteiger partial charge in [-0.15, -0.1) is 0 Å². The van der Waals surface area contributed by atoms with Gasteiger partial charge in [-0.25, -0.2) is 4.39 Å². The number of aryl methyl sites for hydroxylation is 3. The van der Waals surface area contributed by atoms with Crippen LogP contribution in [0, 0.1) is 25.1 Å². The van der Waals surface area contributed by atoms with E-state index in [1.807, 2.05) is 13.0 Å². The predicted molar refractivity (Wildman–Crippen MR) is 142 cm³/mol. The topological polar surface area (TPSA) is 43.5 Å². The molecule has 0 radical (unpaired) electrons. The molecule has 0 amide bonds. The van der Waals surface area contributed by atoms with E-state index in [0.29, 0.717) is 29.8 Å².